The van der Waals surface area contributed by atoms with E-state index >= 15 is 0 Å². The predicted molar refractivity (Wildman–Crippen MR) is 88.0 cm³/mol. The quantitative estimate of drug-likeness (QED) is 0.659. The number of hydrogen-bond donors (Lipinski definition) is 1. The average molecular weight is 304 g/mol. The average Bonchev–Trinajstić information content (AvgIpc) is 2.51. The van der Waals surface area contributed by atoms with Gasteiger partial charge in [0.25, 0.3) is 5.56 Å². The van der Waals surface area contributed by atoms with Gasteiger partial charge in [0.15, 0.2) is 0 Å². The highest BCUT2D eigenvalue weighted by Gasteiger charge is 2.07. The van der Waals surface area contributed by atoms with Crippen molar-refractivity contribution in [1.29, 1.82) is 0 Å². The minimum Gasteiger partial charge on any atom is -0.494 e. The van der Waals surface area contributed by atoms with Gasteiger partial charge in [0.1, 0.15) is 5.75 Å². The number of thiol groups is 1. The van der Waals surface area contributed by atoms with Crippen molar-refractivity contribution in [2.24, 2.45) is 7.05 Å². The van der Waals surface area contributed by atoms with Crippen LogP contribution in [-0.2, 0) is 12.8 Å². The van der Waals surface area contributed by atoms with E-state index in [1.54, 1.807) is 13.1 Å². The summed E-state index contributed by atoms with van der Waals surface area (Å²) in [5.41, 5.74) is 2.26. The van der Waals surface area contributed by atoms with Gasteiger partial charge < -0.3 is 4.74 Å². The van der Waals surface area contributed by atoms with Crippen LogP contribution in [0.25, 0.3) is 11.3 Å². The second-order valence-corrected chi connectivity index (χ2v) is 5.18. The molecular formula is C16H20N2O2S. The monoisotopic (exact) mass is 304 g/mol. The molecule has 0 unspecified atom stereocenters. The lowest BCUT2D eigenvalue weighted by molar-refractivity contribution is 0.309. The van der Waals surface area contributed by atoms with Crippen molar-refractivity contribution in [2.75, 3.05) is 6.61 Å². The maximum Gasteiger partial charge on any atom is 0.270 e. The fourth-order valence-electron chi connectivity index (χ4n) is 1.98. The zero-order valence-corrected chi connectivity index (χ0v) is 13.3. The fraction of sp³-hybridized carbons (Fsp3) is 0.375. The SMILES string of the molecule is CCCCOc1ccc(-c2cc(CS)c(=O)n(C)n2)cc1. The molecule has 0 aliphatic heterocycles. The summed E-state index contributed by atoms with van der Waals surface area (Å²) in [6, 6.07) is 9.56. The van der Waals surface area contributed by atoms with E-state index in [1.165, 1.54) is 4.68 Å². The largest absolute Gasteiger partial charge is 0.494 e. The highest BCUT2D eigenvalue weighted by Crippen LogP contribution is 2.21. The first-order valence-electron chi connectivity index (χ1n) is 7.07. The third kappa shape index (κ3) is 3.88. The minimum atomic E-state index is -0.103. The Labute approximate surface area is 130 Å². The Bertz CT molecular complexity index is 650. The number of rotatable bonds is 6. The molecule has 0 spiro atoms. The highest BCUT2D eigenvalue weighted by molar-refractivity contribution is 7.79. The fourth-order valence-corrected chi connectivity index (χ4v) is 2.21. The van der Waals surface area contributed by atoms with Gasteiger partial charge >= 0.3 is 0 Å². The number of aryl methyl sites for hydroxylation is 1. The molecule has 0 saturated heterocycles. The van der Waals surface area contributed by atoms with E-state index in [2.05, 4.69) is 24.7 Å². The molecule has 1 heterocycles. The van der Waals surface area contributed by atoms with Crippen LogP contribution in [0.2, 0.25) is 0 Å². The molecular weight excluding hydrogens is 284 g/mol. The zero-order valence-electron chi connectivity index (χ0n) is 12.4. The normalized spacial score (nSPS) is 10.6. The summed E-state index contributed by atoms with van der Waals surface area (Å²) in [7, 11) is 1.65. The molecule has 112 valence electrons. The third-order valence-electron chi connectivity index (χ3n) is 3.22. The van der Waals surface area contributed by atoms with Gasteiger partial charge in [-0.15, -0.1) is 0 Å². The lowest BCUT2D eigenvalue weighted by Crippen LogP contribution is -2.23. The molecule has 0 fully saturated rings. The molecule has 21 heavy (non-hydrogen) atoms. The van der Waals surface area contributed by atoms with E-state index in [0.717, 1.165) is 36.5 Å². The summed E-state index contributed by atoms with van der Waals surface area (Å²) in [6.45, 7) is 2.87. The third-order valence-corrected chi connectivity index (χ3v) is 3.57. The minimum absolute atomic E-state index is 0.103. The lowest BCUT2D eigenvalue weighted by atomic mass is 10.1. The molecule has 0 atom stereocenters. The van der Waals surface area contributed by atoms with Crippen LogP contribution in [0.3, 0.4) is 0 Å². The summed E-state index contributed by atoms with van der Waals surface area (Å²) in [4.78, 5) is 11.8. The van der Waals surface area contributed by atoms with E-state index < -0.39 is 0 Å². The first-order chi connectivity index (χ1) is 10.2. The molecule has 2 aromatic rings. The molecule has 5 heteroatoms. The van der Waals surface area contributed by atoms with Crippen LogP contribution in [0.15, 0.2) is 35.1 Å². The van der Waals surface area contributed by atoms with Gasteiger partial charge in [-0.1, -0.05) is 13.3 Å². The number of aromatic nitrogens is 2. The number of ether oxygens (including phenoxy) is 1. The van der Waals surface area contributed by atoms with E-state index in [4.69, 9.17) is 4.74 Å². The maximum atomic E-state index is 11.8. The predicted octanol–water partition coefficient (Wildman–Crippen LogP) is 3.06. The zero-order chi connectivity index (χ0) is 15.2. The van der Waals surface area contributed by atoms with Crippen molar-refractivity contribution in [2.45, 2.75) is 25.5 Å². The second kappa shape index (κ2) is 7.31. The number of unbranched alkanes of at least 4 members (excludes halogenated alkanes) is 1. The molecule has 0 N–H and O–H groups in total. The van der Waals surface area contributed by atoms with Crippen LogP contribution in [0.5, 0.6) is 5.75 Å². The number of nitrogens with zero attached hydrogens (tertiary/aromatic N) is 2. The summed E-state index contributed by atoms with van der Waals surface area (Å²) < 4.78 is 6.99. The van der Waals surface area contributed by atoms with Gasteiger partial charge in [0, 0.05) is 23.9 Å². The van der Waals surface area contributed by atoms with E-state index in [0.29, 0.717) is 11.3 Å². The number of hydrogen-bond acceptors (Lipinski definition) is 4. The van der Waals surface area contributed by atoms with Crippen molar-refractivity contribution < 1.29 is 4.74 Å². The summed E-state index contributed by atoms with van der Waals surface area (Å²) >= 11 is 4.19. The Balaban J connectivity index is 2.22. The van der Waals surface area contributed by atoms with Crippen molar-refractivity contribution in [3.8, 4) is 17.0 Å². The topological polar surface area (TPSA) is 44.1 Å². The van der Waals surface area contributed by atoms with Crippen LogP contribution in [0.4, 0.5) is 0 Å². The Morgan fingerprint density at radius 1 is 1.29 bits per heavy atom. The van der Waals surface area contributed by atoms with Gasteiger partial charge in [0.05, 0.1) is 12.3 Å². The van der Waals surface area contributed by atoms with Gasteiger partial charge in [-0.3, -0.25) is 4.79 Å². The molecule has 4 nitrogen and oxygen atoms in total. The maximum absolute atomic E-state index is 11.8. The van der Waals surface area contributed by atoms with Crippen molar-refractivity contribution in [1.82, 2.24) is 9.78 Å². The second-order valence-electron chi connectivity index (χ2n) is 4.87. The molecule has 0 amide bonds. The van der Waals surface area contributed by atoms with E-state index in [9.17, 15) is 4.79 Å². The molecule has 0 bridgehead atoms. The first kappa shape index (κ1) is 15.6. The molecule has 1 aromatic heterocycles. The van der Waals surface area contributed by atoms with Crippen molar-refractivity contribution >= 4 is 12.6 Å². The van der Waals surface area contributed by atoms with Crippen LogP contribution >= 0.6 is 12.6 Å². The van der Waals surface area contributed by atoms with Gasteiger partial charge in [0.2, 0.25) is 0 Å². The molecule has 0 aliphatic rings. The standard InChI is InChI=1S/C16H20N2O2S/c1-3-4-9-20-14-7-5-12(6-8-14)15-10-13(11-21)16(19)18(2)17-15/h5-8,10,21H,3-4,9,11H2,1-2H3. The van der Waals surface area contributed by atoms with Crippen LogP contribution in [-0.4, -0.2) is 16.4 Å². The van der Waals surface area contributed by atoms with Crippen LogP contribution < -0.4 is 10.3 Å². The molecule has 1 aromatic carbocycles. The van der Waals surface area contributed by atoms with E-state index in [1.807, 2.05) is 24.3 Å². The van der Waals surface area contributed by atoms with E-state index in [-0.39, 0.29) is 5.56 Å². The smallest absolute Gasteiger partial charge is 0.270 e. The molecule has 0 radical (unpaired) electrons. The Kier molecular flexibility index (Phi) is 5.44. The summed E-state index contributed by atoms with van der Waals surface area (Å²) in [5, 5.41) is 4.29. The lowest BCUT2D eigenvalue weighted by Gasteiger charge is -2.08. The molecule has 0 saturated carbocycles. The van der Waals surface area contributed by atoms with Gasteiger partial charge in [-0.2, -0.15) is 17.7 Å². The van der Waals surface area contributed by atoms with Crippen LogP contribution in [0.1, 0.15) is 25.3 Å². The first-order valence-corrected chi connectivity index (χ1v) is 7.70. The van der Waals surface area contributed by atoms with Gasteiger partial charge in [-0.05, 0) is 36.8 Å². The molecule has 0 aliphatic carbocycles. The number of benzene rings is 1. The van der Waals surface area contributed by atoms with Crippen molar-refractivity contribution in [3.05, 3.63) is 46.2 Å². The molecule has 2 rings (SSSR count). The Morgan fingerprint density at radius 2 is 2.00 bits per heavy atom. The van der Waals surface area contributed by atoms with Gasteiger partial charge in [-0.25, -0.2) is 4.68 Å². The van der Waals surface area contributed by atoms with Crippen molar-refractivity contribution in [3.63, 3.8) is 0 Å². The summed E-state index contributed by atoms with van der Waals surface area (Å²) in [6.07, 6.45) is 2.17. The Morgan fingerprint density at radius 3 is 2.62 bits per heavy atom. The Hall–Kier alpha value is -1.75. The summed E-state index contributed by atoms with van der Waals surface area (Å²) in [5.74, 6) is 1.26. The van der Waals surface area contributed by atoms with Crippen LogP contribution in [0, 0.1) is 0 Å². The highest BCUT2D eigenvalue weighted by atomic mass is 32.1.